The standard InChI is InChI=1S/C15H22BrNS/c1-2-17-10-15(8-11-3-4-12(15)7-11)9-13-5-6-14(16)18-13/h5-6,11-12,17H,2-4,7-10H2,1H3. The van der Waals surface area contributed by atoms with E-state index >= 15 is 0 Å². The van der Waals surface area contributed by atoms with Gasteiger partial charge in [0.05, 0.1) is 3.79 Å². The van der Waals surface area contributed by atoms with Crippen LogP contribution in [0.15, 0.2) is 15.9 Å². The molecule has 1 N–H and O–H groups in total. The van der Waals surface area contributed by atoms with Gasteiger partial charge in [-0.2, -0.15) is 0 Å². The SMILES string of the molecule is CCNCC1(Cc2ccc(Br)s2)CC2CCC1C2. The van der Waals surface area contributed by atoms with Crippen molar-refractivity contribution in [3.05, 3.63) is 20.8 Å². The molecule has 2 aliphatic rings. The minimum absolute atomic E-state index is 0.559. The molecule has 2 fully saturated rings. The first-order chi connectivity index (χ1) is 8.72. The molecular formula is C15H22BrNS. The molecule has 0 saturated heterocycles. The highest BCUT2D eigenvalue weighted by molar-refractivity contribution is 9.11. The summed E-state index contributed by atoms with van der Waals surface area (Å²) in [5.41, 5.74) is 0.559. The first-order valence-electron chi connectivity index (χ1n) is 7.17. The van der Waals surface area contributed by atoms with E-state index in [1.807, 2.05) is 11.3 Å². The monoisotopic (exact) mass is 327 g/mol. The van der Waals surface area contributed by atoms with Gasteiger partial charge in [0.2, 0.25) is 0 Å². The summed E-state index contributed by atoms with van der Waals surface area (Å²) < 4.78 is 1.28. The van der Waals surface area contributed by atoms with Crippen LogP contribution in [0, 0.1) is 17.3 Å². The van der Waals surface area contributed by atoms with Gasteiger partial charge < -0.3 is 5.32 Å². The van der Waals surface area contributed by atoms with Crippen molar-refractivity contribution >= 4 is 27.3 Å². The van der Waals surface area contributed by atoms with Crippen LogP contribution in [0.3, 0.4) is 0 Å². The molecule has 1 aromatic rings. The molecule has 2 saturated carbocycles. The predicted octanol–water partition coefficient (Wildman–Crippen LogP) is 4.47. The highest BCUT2D eigenvalue weighted by atomic mass is 79.9. The normalized spacial score (nSPS) is 34.3. The molecule has 2 bridgehead atoms. The second-order valence-corrected chi connectivity index (χ2v) is 8.65. The average molecular weight is 328 g/mol. The van der Waals surface area contributed by atoms with Gasteiger partial charge in [0.25, 0.3) is 0 Å². The first-order valence-corrected chi connectivity index (χ1v) is 8.78. The lowest BCUT2D eigenvalue weighted by atomic mass is 9.70. The van der Waals surface area contributed by atoms with Gasteiger partial charge in [-0.1, -0.05) is 13.3 Å². The smallest absolute Gasteiger partial charge is 0.0701 e. The Bertz CT molecular complexity index is 416. The molecule has 0 spiro atoms. The van der Waals surface area contributed by atoms with E-state index in [4.69, 9.17) is 0 Å². The molecule has 3 heteroatoms. The molecule has 3 unspecified atom stereocenters. The highest BCUT2D eigenvalue weighted by Gasteiger charge is 2.50. The van der Waals surface area contributed by atoms with Crippen LogP contribution in [0.25, 0.3) is 0 Å². The van der Waals surface area contributed by atoms with Crippen LogP contribution in [0.2, 0.25) is 0 Å². The Morgan fingerprint density at radius 2 is 2.33 bits per heavy atom. The summed E-state index contributed by atoms with van der Waals surface area (Å²) in [6.07, 6.45) is 7.21. The third-order valence-electron chi connectivity index (χ3n) is 4.98. The maximum Gasteiger partial charge on any atom is 0.0701 e. The van der Waals surface area contributed by atoms with Crippen LogP contribution in [0.4, 0.5) is 0 Å². The van der Waals surface area contributed by atoms with E-state index in [-0.39, 0.29) is 0 Å². The highest BCUT2D eigenvalue weighted by Crippen LogP contribution is 2.57. The van der Waals surface area contributed by atoms with Gasteiger partial charge in [0.15, 0.2) is 0 Å². The third kappa shape index (κ3) is 2.41. The Kier molecular flexibility index (Phi) is 3.84. The van der Waals surface area contributed by atoms with Crippen molar-refractivity contribution in [2.75, 3.05) is 13.1 Å². The second kappa shape index (κ2) is 5.26. The summed E-state index contributed by atoms with van der Waals surface area (Å²) >= 11 is 5.52. The molecule has 0 aromatic carbocycles. The van der Waals surface area contributed by atoms with E-state index in [9.17, 15) is 0 Å². The number of fused-ring (bicyclic) bond motifs is 2. The fourth-order valence-corrected chi connectivity index (χ4v) is 5.86. The molecule has 1 nitrogen and oxygen atoms in total. The minimum Gasteiger partial charge on any atom is -0.316 e. The van der Waals surface area contributed by atoms with Crippen molar-refractivity contribution < 1.29 is 0 Å². The zero-order valence-corrected chi connectivity index (χ0v) is 13.4. The molecule has 0 amide bonds. The summed E-state index contributed by atoms with van der Waals surface area (Å²) in [6, 6.07) is 4.52. The third-order valence-corrected chi connectivity index (χ3v) is 6.61. The van der Waals surface area contributed by atoms with Crippen LogP contribution in [0.1, 0.15) is 37.5 Å². The van der Waals surface area contributed by atoms with E-state index in [2.05, 4.69) is 40.3 Å². The fraction of sp³-hybridized carbons (Fsp3) is 0.733. The lowest BCUT2D eigenvalue weighted by molar-refractivity contribution is 0.158. The maximum absolute atomic E-state index is 3.64. The van der Waals surface area contributed by atoms with Crippen molar-refractivity contribution in [2.45, 2.75) is 39.0 Å². The summed E-state index contributed by atoms with van der Waals surface area (Å²) in [4.78, 5) is 1.56. The zero-order valence-electron chi connectivity index (χ0n) is 11.0. The Hall–Kier alpha value is 0.140. The molecule has 18 heavy (non-hydrogen) atoms. The molecule has 1 heterocycles. The average Bonchev–Trinajstić information content (AvgIpc) is 3.03. The molecule has 3 rings (SSSR count). The number of hydrogen-bond donors (Lipinski definition) is 1. The molecule has 3 atom stereocenters. The van der Waals surface area contributed by atoms with Crippen LogP contribution < -0.4 is 5.32 Å². The van der Waals surface area contributed by atoms with Gasteiger partial charge in [-0.3, -0.25) is 0 Å². The number of thiophene rings is 1. The van der Waals surface area contributed by atoms with Crippen molar-refractivity contribution in [1.82, 2.24) is 5.32 Å². The Morgan fingerprint density at radius 1 is 1.44 bits per heavy atom. The van der Waals surface area contributed by atoms with E-state index in [0.29, 0.717) is 5.41 Å². The van der Waals surface area contributed by atoms with Crippen LogP contribution in [0.5, 0.6) is 0 Å². The Labute approximate surface area is 122 Å². The van der Waals surface area contributed by atoms with Gasteiger partial charge in [0.1, 0.15) is 0 Å². The lowest BCUT2D eigenvalue weighted by Gasteiger charge is -2.38. The molecule has 0 aliphatic heterocycles. The van der Waals surface area contributed by atoms with Crippen LogP contribution in [-0.2, 0) is 6.42 Å². The number of rotatable bonds is 5. The van der Waals surface area contributed by atoms with Gasteiger partial charge in [0, 0.05) is 11.4 Å². The van der Waals surface area contributed by atoms with Crippen LogP contribution >= 0.6 is 27.3 Å². The quantitative estimate of drug-likeness (QED) is 0.841. The number of hydrogen-bond acceptors (Lipinski definition) is 2. The van der Waals surface area contributed by atoms with E-state index < -0.39 is 0 Å². The van der Waals surface area contributed by atoms with Crippen molar-refractivity contribution in [1.29, 1.82) is 0 Å². The number of nitrogens with one attached hydrogen (secondary N) is 1. The molecule has 100 valence electrons. The zero-order chi connectivity index (χ0) is 12.6. The lowest BCUT2D eigenvalue weighted by Crippen LogP contribution is -2.40. The van der Waals surface area contributed by atoms with Gasteiger partial charge in [-0.15, -0.1) is 11.3 Å². The Morgan fingerprint density at radius 3 is 2.89 bits per heavy atom. The summed E-state index contributed by atoms with van der Waals surface area (Å²) in [7, 11) is 0. The predicted molar refractivity (Wildman–Crippen MR) is 82.1 cm³/mol. The van der Waals surface area contributed by atoms with E-state index in [1.54, 1.807) is 4.88 Å². The van der Waals surface area contributed by atoms with Crippen LogP contribution in [-0.4, -0.2) is 13.1 Å². The summed E-state index contributed by atoms with van der Waals surface area (Å²) in [5, 5.41) is 3.64. The molecule has 1 aromatic heterocycles. The Balaban J connectivity index is 1.77. The van der Waals surface area contributed by atoms with E-state index in [1.165, 1.54) is 42.4 Å². The van der Waals surface area contributed by atoms with Gasteiger partial charge in [-0.25, -0.2) is 0 Å². The van der Waals surface area contributed by atoms with Crippen molar-refractivity contribution in [3.63, 3.8) is 0 Å². The maximum atomic E-state index is 3.64. The van der Waals surface area contributed by atoms with Gasteiger partial charge in [-0.05, 0) is 77.5 Å². The molecular weight excluding hydrogens is 306 g/mol. The summed E-state index contributed by atoms with van der Waals surface area (Å²) in [6.45, 7) is 4.55. The first kappa shape index (κ1) is 13.1. The summed E-state index contributed by atoms with van der Waals surface area (Å²) in [5.74, 6) is 2.00. The number of halogens is 1. The molecule has 0 radical (unpaired) electrons. The molecule has 2 aliphatic carbocycles. The largest absolute Gasteiger partial charge is 0.316 e. The van der Waals surface area contributed by atoms with E-state index in [0.717, 1.165) is 18.4 Å². The topological polar surface area (TPSA) is 12.0 Å². The van der Waals surface area contributed by atoms with Gasteiger partial charge >= 0.3 is 0 Å². The second-order valence-electron chi connectivity index (χ2n) is 6.11. The van der Waals surface area contributed by atoms with Crippen molar-refractivity contribution in [3.8, 4) is 0 Å². The van der Waals surface area contributed by atoms with Crippen molar-refractivity contribution in [2.24, 2.45) is 17.3 Å². The fourth-order valence-electron chi connectivity index (χ4n) is 4.22. The minimum atomic E-state index is 0.559.